The number of nitrogens with zero attached hydrogens (tertiary/aromatic N) is 2. The number of ether oxygens (including phenoxy) is 1. The number of benzene rings is 2. The van der Waals surface area contributed by atoms with E-state index in [1.807, 2.05) is 19.1 Å². The summed E-state index contributed by atoms with van der Waals surface area (Å²) in [4.78, 5) is 42.9. The first-order chi connectivity index (χ1) is 14.1. The van der Waals surface area contributed by atoms with Crippen molar-refractivity contribution >= 4 is 16.8 Å². The minimum Gasteiger partial charge on any atom is -0.493 e. The first-order valence-electron chi connectivity index (χ1n) is 9.84. The van der Waals surface area contributed by atoms with Crippen molar-refractivity contribution in [3.63, 3.8) is 0 Å². The van der Waals surface area contributed by atoms with E-state index in [4.69, 9.17) is 4.74 Å². The molecule has 7 nitrogen and oxygen atoms in total. The monoisotopic (exact) mass is 393 g/mol. The molecule has 2 aromatic carbocycles. The van der Waals surface area contributed by atoms with Crippen LogP contribution in [0.4, 0.5) is 0 Å². The van der Waals surface area contributed by atoms with Gasteiger partial charge in [-0.1, -0.05) is 24.3 Å². The second kappa shape index (κ2) is 7.95. The van der Waals surface area contributed by atoms with Crippen molar-refractivity contribution in [1.29, 1.82) is 0 Å². The molecule has 3 aromatic rings. The highest BCUT2D eigenvalue weighted by atomic mass is 16.5. The maximum Gasteiger partial charge on any atom is 0.329 e. The van der Waals surface area contributed by atoms with Gasteiger partial charge in [-0.25, -0.2) is 4.79 Å². The second-order valence-electron chi connectivity index (χ2n) is 7.10. The van der Waals surface area contributed by atoms with E-state index in [0.717, 1.165) is 0 Å². The summed E-state index contributed by atoms with van der Waals surface area (Å²) in [5.74, 6) is 0.483. The minimum atomic E-state index is -0.403. The van der Waals surface area contributed by atoms with Crippen LogP contribution in [-0.2, 0) is 0 Å². The molecular formula is C22H23N3O4. The van der Waals surface area contributed by atoms with Gasteiger partial charge in [-0.3, -0.25) is 14.2 Å². The molecular weight excluding hydrogens is 370 g/mol. The molecule has 0 spiro atoms. The number of likely N-dealkylation sites (tertiary alicyclic amines) is 1. The number of nitrogens with one attached hydrogen (secondary N) is 1. The average molecular weight is 393 g/mol. The molecule has 1 aliphatic rings. The maximum absolute atomic E-state index is 13.0. The number of hydrogen-bond donors (Lipinski definition) is 1. The van der Waals surface area contributed by atoms with Crippen molar-refractivity contribution in [2.45, 2.75) is 25.8 Å². The molecule has 7 heteroatoms. The number of para-hydroxylation sites is 2. The number of fused-ring (bicyclic) bond motifs is 1. The zero-order valence-electron chi connectivity index (χ0n) is 16.3. The van der Waals surface area contributed by atoms with Crippen LogP contribution in [0, 0.1) is 0 Å². The molecule has 29 heavy (non-hydrogen) atoms. The van der Waals surface area contributed by atoms with Gasteiger partial charge in [0.15, 0.2) is 0 Å². The molecule has 4 rings (SSSR count). The topological polar surface area (TPSA) is 84.4 Å². The van der Waals surface area contributed by atoms with Crippen LogP contribution in [-0.4, -0.2) is 40.1 Å². The van der Waals surface area contributed by atoms with Crippen molar-refractivity contribution in [3.05, 3.63) is 74.9 Å². The van der Waals surface area contributed by atoms with Crippen LogP contribution in [0.15, 0.2) is 58.1 Å². The number of aromatic amines is 1. The number of aromatic nitrogens is 2. The number of H-pyrrole nitrogens is 1. The number of rotatable bonds is 4. The molecule has 1 aliphatic heterocycles. The zero-order chi connectivity index (χ0) is 20.4. The van der Waals surface area contributed by atoms with Gasteiger partial charge >= 0.3 is 5.69 Å². The van der Waals surface area contributed by atoms with Crippen LogP contribution >= 0.6 is 0 Å². The van der Waals surface area contributed by atoms with E-state index in [1.54, 1.807) is 41.3 Å². The Bertz CT molecular complexity index is 1160. The normalized spacial score (nSPS) is 14.9. The Balaban J connectivity index is 1.55. The first kappa shape index (κ1) is 19.0. The fourth-order valence-corrected chi connectivity index (χ4v) is 3.93. The lowest BCUT2D eigenvalue weighted by Gasteiger charge is -2.32. The lowest BCUT2D eigenvalue weighted by atomic mass is 10.0. The van der Waals surface area contributed by atoms with Gasteiger partial charge < -0.3 is 14.6 Å². The standard InChI is InChI=1S/C22H23N3O4/c1-2-29-19-10-6-4-8-17(19)20(26)24-13-11-15(12-14-24)25-21(27)16-7-3-5-9-18(16)23-22(25)28/h3-10,15H,2,11-14H2,1H3,(H,23,28). The summed E-state index contributed by atoms with van der Waals surface area (Å²) in [6, 6.07) is 14.0. The SMILES string of the molecule is CCOc1ccccc1C(=O)N1CCC(n2c(=O)[nH]c3ccccc3c2=O)CC1. The summed E-state index contributed by atoms with van der Waals surface area (Å²) in [5.41, 5.74) is 0.392. The summed E-state index contributed by atoms with van der Waals surface area (Å²) in [6.07, 6.45) is 1.09. The van der Waals surface area contributed by atoms with E-state index in [1.165, 1.54) is 4.57 Å². The highest BCUT2D eigenvalue weighted by Gasteiger charge is 2.28. The summed E-state index contributed by atoms with van der Waals surface area (Å²) < 4.78 is 6.88. The van der Waals surface area contributed by atoms with Crippen LogP contribution in [0.3, 0.4) is 0 Å². The lowest BCUT2D eigenvalue weighted by Crippen LogP contribution is -2.45. The largest absolute Gasteiger partial charge is 0.493 e. The molecule has 1 N–H and O–H groups in total. The van der Waals surface area contributed by atoms with Crippen molar-refractivity contribution < 1.29 is 9.53 Å². The molecule has 1 fully saturated rings. The summed E-state index contributed by atoms with van der Waals surface area (Å²) in [5, 5.41) is 0.497. The van der Waals surface area contributed by atoms with E-state index in [0.29, 0.717) is 54.8 Å². The summed E-state index contributed by atoms with van der Waals surface area (Å²) in [6.45, 7) is 3.32. The van der Waals surface area contributed by atoms with E-state index in [2.05, 4.69) is 4.98 Å². The predicted octanol–water partition coefficient (Wildman–Crippen LogP) is 2.57. The van der Waals surface area contributed by atoms with Crippen molar-refractivity contribution in [1.82, 2.24) is 14.5 Å². The molecule has 1 aromatic heterocycles. The van der Waals surface area contributed by atoms with Gasteiger partial charge in [0.1, 0.15) is 5.75 Å². The average Bonchev–Trinajstić information content (AvgIpc) is 2.74. The predicted molar refractivity (Wildman–Crippen MR) is 111 cm³/mol. The number of hydrogen-bond acceptors (Lipinski definition) is 4. The van der Waals surface area contributed by atoms with Gasteiger partial charge in [-0.05, 0) is 44.0 Å². The molecule has 0 bridgehead atoms. The molecule has 0 atom stereocenters. The van der Waals surface area contributed by atoms with Gasteiger partial charge in [0.2, 0.25) is 0 Å². The summed E-state index contributed by atoms with van der Waals surface area (Å²) >= 11 is 0. The Morgan fingerprint density at radius 1 is 1.07 bits per heavy atom. The number of carbonyl (C=O) groups excluding carboxylic acids is 1. The number of amides is 1. The zero-order valence-corrected chi connectivity index (χ0v) is 16.3. The molecule has 0 aliphatic carbocycles. The van der Waals surface area contributed by atoms with Crippen LogP contribution in [0.1, 0.15) is 36.2 Å². The third kappa shape index (κ3) is 3.55. The quantitative estimate of drug-likeness (QED) is 0.738. The fraction of sp³-hybridized carbons (Fsp3) is 0.318. The molecule has 0 radical (unpaired) electrons. The molecule has 0 saturated carbocycles. The van der Waals surface area contributed by atoms with Gasteiger partial charge in [-0.15, -0.1) is 0 Å². The molecule has 150 valence electrons. The molecule has 2 heterocycles. The highest BCUT2D eigenvalue weighted by Crippen LogP contribution is 2.25. The Hall–Kier alpha value is -3.35. The maximum atomic E-state index is 13.0. The molecule has 0 unspecified atom stereocenters. The van der Waals surface area contributed by atoms with E-state index < -0.39 is 5.69 Å². The Labute approximate surface area is 167 Å². The van der Waals surface area contributed by atoms with Gasteiger partial charge in [0.05, 0.1) is 23.1 Å². The third-order valence-electron chi connectivity index (χ3n) is 5.37. The highest BCUT2D eigenvalue weighted by molar-refractivity contribution is 5.97. The Kier molecular flexibility index (Phi) is 5.20. The Morgan fingerprint density at radius 2 is 1.76 bits per heavy atom. The van der Waals surface area contributed by atoms with Crippen LogP contribution in [0.2, 0.25) is 0 Å². The van der Waals surface area contributed by atoms with Gasteiger partial charge in [0, 0.05) is 19.1 Å². The minimum absolute atomic E-state index is 0.0905. The summed E-state index contributed by atoms with van der Waals surface area (Å²) in [7, 11) is 0. The van der Waals surface area contributed by atoms with E-state index in [-0.39, 0.29) is 17.5 Å². The second-order valence-corrected chi connectivity index (χ2v) is 7.10. The van der Waals surface area contributed by atoms with Gasteiger partial charge in [0.25, 0.3) is 11.5 Å². The third-order valence-corrected chi connectivity index (χ3v) is 5.37. The van der Waals surface area contributed by atoms with Crippen molar-refractivity contribution in [3.8, 4) is 5.75 Å². The molecule has 1 saturated heterocycles. The van der Waals surface area contributed by atoms with Crippen molar-refractivity contribution in [2.24, 2.45) is 0 Å². The van der Waals surface area contributed by atoms with Crippen LogP contribution in [0.25, 0.3) is 10.9 Å². The first-order valence-corrected chi connectivity index (χ1v) is 9.84. The van der Waals surface area contributed by atoms with Crippen molar-refractivity contribution in [2.75, 3.05) is 19.7 Å². The smallest absolute Gasteiger partial charge is 0.329 e. The fourth-order valence-electron chi connectivity index (χ4n) is 3.93. The van der Waals surface area contributed by atoms with E-state index in [9.17, 15) is 14.4 Å². The number of piperidine rings is 1. The molecule has 1 amide bonds. The van der Waals surface area contributed by atoms with Gasteiger partial charge in [-0.2, -0.15) is 0 Å². The van der Waals surface area contributed by atoms with E-state index >= 15 is 0 Å². The number of carbonyl (C=O) groups is 1. The lowest BCUT2D eigenvalue weighted by molar-refractivity contribution is 0.0688. The van der Waals surface area contributed by atoms with Crippen LogP contribution in [0.5, 0.6) is 5.75 Å². The Morgan fingerprint density at radius 3 is 2.52 bits per heavy atom. The van der Waals surface area contributed by atoms with Crippen LogP contribution < -0.4 is 16.0 Å².